The fraction of sp³-hybridized carbons (Fsp3) is 0.667. The first kappa shape index (κ1) is 13.7. The molecule has 0 radical (unpaired) electrons. The summed E-state index contributed by atoms with van der Waals surface area (Å²) in [7, 11) is 3.90. The Kier molecular flexibility index (Phi) is 5.69. The number of hydrogen-bond donors (Lipinski definition) is 2. The van der Waals surface area contributed by atoms with Gasteiger partial charge in [-0.1, -0.05) is 0 Å². The molecule has 1 aromatic heterocycles. The Morgan fingerprint density at radius 1 is 1.29 bits per heavy atom. The maximum atomic E-state index is 8.72. The largest absolute Gasteiger partial charge is 0.396 e. The highest BCUT2D eigenvalue weighted by atomic mass is 16.2. The lowest BCUT2D eigenvalue weighted by Crippen LogP contribution is -2.21. The zero-order chi connectivity index (χ0) is 12.7. The second kappa shape index (κ2) is 7.06. The molecule has 0 aromatic carbocycles. The monoisotopic (exact) mass is 238 g/mol. The van der Waals surface area contributed by atoms with E-state index in [2.05, 4.69) is 20.2 Å². The summed E-state index contributed by atoms with van der Waals surface area (Å²) in [5.41, 5.74) is 1.07. The van der Waals surface area contributed by atoms with Crippen molar-refractivity contribution >= 4 is 11.6 Å². The van der Waals surface area contributed by atoms with Crippen molar-refractivity contribution in [3.63, 3.8) is 0 Å². The van der Waals surface area contributed by atoms with Gasteiger partial charge in [0.15, 0.2) is 0 Å². The molecular weight excluding hydrogens is 216 g/mol. The highest BCUT2D eigenvalue weighted by molar-refractivity contribution is 5.57. The van der Waals surface area contributed by atoms with Gasteiger partial charge in [-0.05, 0) is 26.2 Å². The molecule has 1 heterocycles. The average Bonchev–Trinajstić information content (AvgIpc) is 2.34. The van der Waals surface area contributed by atoms with Crippen molar-refractivity contribution in [1.82, 2.24) is 9.97 Å². The van der Waals surface area contributed by atoms with Crippen LogP contribution in [0.1, 0.15) is 24.8 Å². The van der Waals surface area contributed by atoms with Crippen LogP contribution in [0.25, 0.3) is 0 Å². The Labute approximate surface area is 103 Å². The molecule has 1 aromatic rings. The lowest BCUT2D eigenvalue weighted by atomic mass is 10.2. The van der Waals surface area contributed by atoms with E-state index in [-0.39, 0.29) is 6.61 Å². The molecule has 0 atom stereocenters. The van der Waals surface area contributed by atoms with Crippen LogP contribution in [-0.4, -0.2) is 42.3 Å². The first-order valence-corrected chi connectivity index (χ1v) is 6.02. The van der Waals surface area contributed by atoms with E-state index >= 15 is 0 Å². The van der Waals surface area contributed by atoms with Gasteiger partial charge in [0, 0.05) is 32.8 Å². The lowest BCUT2D eigenvalue weighted by molar-refractivity contribution is 0.283. The zero-order valence-corrected chi connectivity index (χ0v) is 10.9. The third-order valence-electron chi connectivity index (χ3n) is 2.81. The van der Waals surface area contributed by atoms with Crippen molar-refractivity contribution in [2.75, 3.05) is 37.5 Å². The molecule has 2 N–H and O–H groups in total. The molecule has 1 rings (SSSR count). The van der Waals surface area contributed by atoms with E-state index < -0.39 is 0 Å². The predicted octanol–water partition coefficient (Wildman–Crippen LogP) is 1.43. The van der Waals surface area contributed by atoms with Gasteiger partial charge in [-0.15, -0.1) is 0 Å². The van der Waals surface area contributed by atoms with E-state index in [9.17, 15) is 0 Å². The molecule has 0 saturated heterocycles. The zero-order valence-electron chi connectivity index (χ0n) is 10.9. The van der Waals surface area contributed by atoms with E-state index in [1.165, 1.54) is 0 Å². The summed E-state index contributed by atoms with van der Waals surface area (Å²) in [6, 6.07) is 0. The Morgan fingerprint density at radius 3 is 2.71 bits per heavy atom. The van der Waals surface area contributed by atoms with E-state index in [1.54, 1.807) is 6.33 Å². The van der Waals surface area contributed by atoms with Gasteiger partial charge >= 0.3 is 0 Å². The van der Waals surface area contributed by atoms with Gasteiger partial charge in [0.1, 0.15) is 18.0 Å². The molecule has 0 spiro atoms. The highest BCUT2D eigenvalue weighted by Gasteiger charge is 2.09. The van der Waals surface area contributed by atoms with Crippen LogP contribution in [0.15, 0.2) is 6.33 Å². The van der Waals surface area contributed by atoms with Crippen LogP contribution >= 0.6 is 0 Å². The van der Waals surface area contributed by atoms with Crippen LogP contribution in [0.5, 0.6) is 0 Å². The SMILES string of the molecule is CNc1ncnc(N(C)CCCCCO)c1C. The molecule has 5 heteroatoms. The summed E-state index contributed by atoms with van der Waals surface area (Å²) in [4.78, 5) is 10.6. The number of anilines is 2. The summed E-state index contributed by atoms with van der Waals surface area (Å²) in [5, 5.41) is 11.8. The van der Waals surface area contributed by atoms with Gasteiger partial charge in [-0.25, -0.2) is 9.97 Å². The molecule has 0 bridgehead atoms. The van der Waals surface area contributed by atoms with Crippen LogP contribution in [0.2, 0.25) is 0 Å². The maximum absolute atomic E-state index is 8.72. The van der Waals surface area contributed by atoms with Crippen LogP contribution in [0.4, 0.5) is 11.6 Å². The number of aliphatic hydroxyl groups excluding tert-OH is 1. The maximum Gasteiger partial charge on any atom is 0.136 e. The minimum absolute atomic E-state index is 0.278. The van der Waals surface area contributed by atoms with Gasteiger partial charge in [0.25, 0.3) is 0 Å². The molecule has 0 aliphatic rings. The Hall–Kier alpha value is -1.36. The number of nitrogens with one attached hydrogen (secondary N) is 1. The van der Waals surface area contributed by atoms with E-state index in [1.807, 2.05) is 21.0 Å². The number of unbranched alkanes of at least 4 members (excludes halogenated alkanes) is 2. The standard InChI is InChI=1S/C12H22N4O/c1-10-11(13-2)14-9-15-12(10)16(3)7-5-4-6-8-17/h9,17H,4-8H2,1-3H3,(H,13,14,15). The third-order valence-corrected chi connectivity index (χ3v) is 2.81. The van der Waals surface area contributed by atoms with E-state index in [0.717, 1.165) is 43.0 Å². The minimum Gasteiger partial charge on any atom is -0.396 e. The molecule has 5 nitrogen and oxygen atoms in total. The molecule has 0 fully saturated rings. The summed E-state index contributed by atoms with van der Waals surface area (Å²) in [5.74, 6) is 1.84. The van der Waals surface area contributed by atoms with Crippen molar-refractivity contribution < 1.29 is 5.11 Å². The first-order valence-electron chi connectivity index (χ1n) is 6.02. The van der Waals surface area contributed by atoms with Crippen molar-refractivity contribution in [1.29, 1.82) is 0 Å². The summed E-state index contributed by atoms with van der Waals surface area (Å²) >= 11 is 0. The molecule has 0 aliphatic carbocycles. The van der Waals surface area contributed by atoms with Crippen LogP contribution in [0.3, 0.4) is 0 Å². The van der Waals surface area contributed by atoms with Crippen molar-refractivity contribution in [3.8, 4) is 0 Å². The number of rotatable bonds is 7. The topological polar surface area (TPSA) is 61.3 Å². The molecule has 0 aliphatic heterocycles. The highest BCUT2D eigenvalue weighted by Crippen LogP contribution is 2.20. The quantitative estimate of drug-likeness (QED) is 0.704. The number of hydrogen-bond acceptors (Lipinski definition) is 5. The van der Waals surface area contributed by atoms with Gasteiger partial charge in [0.05, 0.1) is 0 Å². The smallest absolute Gasteiger partial charge is 0.136 e. The molecule has 0 unspecified atom stereocenters. The van der Waals surface area contributed by atoms with Crippen molar-refractivity contribution in [3.05, 3.63) is 11.9 Å². The normalized spacial score (nSPS) is 10.4. The second-order valence-electron chi connectivity index (χ2n) is 4.13. The van der Waals surface area contributed by atoms with Crippen LogP contribution in [-0.2, 0) is 0 Å². The molecule has 0 amide bonds. The number of aliphatic hydroxyl groups is 1. The number of nitrogens with zero attached hydrogens (tertiary/aromatic N) is 3. The minimum atomic E-state index is 0.278. The molecular formula is C12H22N4O. The lowest BCUT2D eigenvalue weighted by Gasteiger charge is -2.20. The van der Waals surface area contributed by atoms with Gasteiger partial charge in [-0.3, -0.25) is 0 Å². The molecule has 96 valence electrons. The molecule has 0 saturated carbocycles. The summed E-state index contributed by atoms with van der Waals surface area (Å²) in [6.07, 6.45) is 4.57. The predicted molar refractivity (Wildman–Crippen MR) is 70.5 cm³/mol. The Morgan fingerprint density at radius 2 is 2.06 bits per heavy atom. The van der Waals surface area contributed by atoms with Crippen LogP contribution < -0.4 is 10.2 Å². The third kappa shape index (κ3) is 3.85. The Balaban J connectivity index is 2.59. The first-order chi connectivity index (χ1) is 8.20. The van der Waals surface area contributed by atoms with Gasteiger partial charge in [0.2, 0.25) is 0 Å². The van der Waals surface area contributed by atoms with Crippen molar-refractivity contribution in [2.24, 2.45) is 0 Å². The Bertz CT molecular complexity index is 343. The van der Waals surface area contributed by atoms with E-state index in [0.29, 0.717) is 0 Å². The van der Waals surface area contributed by atoms with Gasteiger partial charge < -0.3 is 15.3 Å². The fourth-order valence-electron chi connectivity index (χ4n) is 1.82. The second-order valence-corrected chi connectivity index (χ2v) is 4.13. The average molecular weight is 238 g/mol. The van der Waals surface area contributed by atoms with Gasteiger partial charge in [-0.2, -0.15) is 0 Å². The fourth-order valence-corrected chi connectivity index (χ4v) is 1.82. The molecule has 17 heavy (non-hydrogen) atoms. The summed E-state index contributed by atoms with van der Waals surface area (Å²) in [6.45, 7) is 3.24. The van der Waals surface area contributed by atoms with E-state index in [4.69, 9.17) is 5.11 Å². The van der Waals surface area contributed by atoms with Crippen molar-refractivity contribution in [2.45, 2.75) is 26.2 Å². The van der Waals surface area contributed by atoms with Crippen LogP contribution in [0, 0.1) is 6.92 Å². The number of aromatic nitrogens is 2. The summed E-state index contributed by atoms with van der Waals surface area (Å²) < 4.78 is 0.